The van der Waals surface area contributed by atoms with E-state index >= 15 is 0 Å². The van der Waals surface area contributed by atoms with E-state index in [2.05, 4.69) is 20.6 Å². The van der Waals surface area contributed by atoms with E-state index in [1.807, 2.05) is 24.1 Å². The van der Waals surface area contributed by atoms with Crippen molar-refractivity contribution in [2.75, 3.05) is 13.1 Å². The van der Waals surface area contributed by atoms with Crippen molar-refractivity contribution in [3.8, 4) is 5.69 Å². The Morgan fingerprint density at radius 1 is 1.25 bits per heavy atom. The van der Waals surface area contributed by atoms with Crippen molar-refractivity contribution in [1.82, 2.24) is 30.2 Å². The fraction of sp³-hybridized carbons (Fsp3) is 0.350. The largest absolute Gasteiger partial charge is 0.331 e. The van der Waals surface area contributed by atoms with Gasteiger partial charge in [-0.25, -0.2) is 13.9 Å². The first-order valence-corrected chi connectivity index (χ1v) is 9.45. The number of aromatic nitrogens is 4. The van der Waals surface area contributed by atoms with Gasteiger partial charge in [0.15, 0.2) is 0 Å². The molecular weight excluding hydrogens is 359 g/mol. The van der Waals surface area contributed by atoms with Gasteiger partial charge >= 0.3 is 6.03 Å². The van der Waals surface area contributed by atoms with Gasteiger partial charge in [-0.05, 0) is 50.1 Å². The molecule has 0 spiro atoms. The highest BCUT2D eigenvalue weighted by Crippen LogP contribution is 2.26. The molecule has 8 heteroatoms. The molecule has 4 rings (SSSR count). The number of carbonyl (C=O) groups excluding carboxylic acids is 1. The van der Waals surface area contributed by atoms with Gasteiger partial charge in [-0.2, -0.15) is 10.2 Å². The summed E-state index contributed by atoms with van der Waals surface area (Å²) < 4.78 is 14.7. The molecule has 28 heavy (non-hydrogen) atoms. The van der Waals surface area contributed by atoms with E-state index in [4.69, 9.17) is 0 Å². The van der Waals surface area contributed by atoms with E-state index in [0.717, 1.165) is 42.9 Å². The Bertz CT molecular complexity index is 913. The van der Waals surface area contributed by atoms with Crippen LogP contribution in [0.3, 0.4) is 0 Å². The van der Waals surface area contributed by atoms with Crippen LogP contribution in [0.25, 0.3) is 5.69 Å². The molecule has 3 heterocycles. The highest BCUT2D eigenvalue weighted by atomic mass is 19.1. The standard InChI is InChI=1S/C20H23FN6O/c1-14(16-12-23-27(13-16)18-4-2-17(21)3-5-18)24-20(28)26-10-7-15(8-11-26)19-6-9-22-25-19/h2-6,9,12-15H,7-8,10-11H2,1H3,(H,22,25)(H,24,28). The molecule has 1 unspecified atom stereocenters. The average Bonchev–Trinajstić information content (AvgIpc) is 3.41. The van der Waals surface area contributed by atoms with Crippen molar-refractivity contribution in [3.63, 3.8) is 0 Å². The summed E-state index contributed by atoms with van der Waals surface area (Å²) in [6, 6.07) is 7.89. The van der Waals surface area contributed by atoms with E-state index in [1.165, 1.54) is 12.1 Å². The maximum Gasteiger partial charge on any atom is 0.317 e. The number of halogens is 1. The van der Waals surface area contributed by atoms with Crippen LogP contribution in [0.1, 0.15) is 43.0 Å². The molecule has 2 aromatic heterocycles. The van der Waals surface area contributed by atoms with Crippen LogP contribution in [-0.4, -0.2) is 44.0 Å². The third kappa shape index (κ3) is 3.90. The van der Waals surface area contributed by atoms with Crippen LogP contribution in [0, 0.1) is 5.82 Å². The summed E-state index contributed by atoms with van der Waals surface area (Å²) in [5, 5.41) is 14.4. The van der Waals surface area contributed by atoms with Crippen LogP contribution in [0.15, 0.2) is 48.9 Å². The molecule has 1 aliphatic rings. The molecular formula is C20H23FN6O. The van der Waals surface area contributed by atoms with Gasteiger partial charge in [-0.1, -0.05) is 0 Å². The third-order valence-corrected chi connectivity index (χ3v) is 5.28. The maximum atomic E-state index is 13.1. The number of rotatable bonds is 4. The fourth-order valence-corrected chi connectivity index (χ4v) is 3.54. The molecule has 1 fully saturated rings. The van der Waals surface area contributed by atoms with E-state index in [9.17, 15) is 9.18 Å². The van der Waals surface area contributed by atoms with E-state index in [0.29, 0.717) is 5.92 Å². The van der Waals surface area contributed by atoms with Crippen molar-refractivity contribution < 1.29 is 9.18 Å². The molecule has 1 atom stereocenters. The molecule has 0 radical (unpaired) electrons. The van der Waals surface area contributed by atoms with Crippen molar-refractivity contribution in [3.05, 3.63) is 66.0 Å². The van der Waals surface area contributed by atoms with Gasteiger partial charge in [-0.15, -0.1) is 0 Å². The molecule has 0 bridgehead atoms. The summed E-state index contributed by atoms with van der Waals surface area (Å²) >= 11 is 0. The normalized spacial score (nSPS) is 16.1. The minimum atomic E-state index is -0.284. The maximum absolute atomic E-state index is 13.1. The molecule has 2 amide bonds. The van der Waals surface area contributed by atoms with Crippen molar-refractivity contribution in [1.29, 1.82) is 0 Å². The number of carbonyl (C=O) groups is 1. The van der Waals surface area contributed by atoms with Gasteiger partial charge < -0.3 is 10.2 Å². The molecule has 1 aliphatic heterocycles. The van der Waals surface area contributed by atoms with Gasteiger partial charge in [0.1, 0.15) is 5.82 Å². The lowest BCUT2D eigenvalue weighted by atomic mass is 9.94. The zero-order valence-corrected chi connectivity index (χ0v) is 15.7. The number of hydrogen-bond donors (Lipinski definition) is 2. The number of H-pyrrole nitrogens is 1. The number of nitrogens with one attached hydrogen (secondary N) is 2. The third-order valence-electron chi connectivity index (χ3n) is 5.28. The van der Waals surface area contributed by atoms with Crippen LogP contribution in [0.4, 0.5) is 9.18 Å². The number of piperidine rings is 1. The van der Waals surface area contributed by atoms with Crippen molar-refractivity contribution in [2.24, 2.45) is 0 Å². The number of benzene rings is 1. The summed E-state index contributed by atoms with van der Waals surface area (Å²) in [6.45, 7) is 3.37. The van der Waals surface area contributed by atoms with E-state index < -0.39 is 0 Å². The number of urea groups is 1. The Labute approximate surface area is 162 Å². The molecule has 2 N–H and O–H groups in total. The molecule has 3 aromatic rings. The fourth-order valence-electron chi connectivity index (χ4n) is 3.54. The van der Waals surface area contributed by atoms with Crippen LogP contribution in [-0.2, 0) is 0 Å². The second-order valence-corrected chi connectivity index (χ2v) is 7.14. The van der Waals surface area contributed by atoms with Gasteiger partial charge in [0.25, 0.3) is 0 Å². The number of nitrogens with zero attached hydrogens (tertiary/aromatic N) is 4. The Kier molecular flexibility index (Phi) is 5.10. The highest BCUT2D eigenvalue weighted by Gasteiger charge is 2.25. The van der Waals surface area contributed by atoms with E-state index in [1.54, 1.807) is 29.2 Å². The Morgan fingerprint density at radius 2 is 2.00 bits per heavy atom. The smallest absolute Gasteiger partial charge is 0.317 e. The van der Waals surface area contributed by atoms with Crippen LogP contribution in [0.2, 0.25) is 0 Å². The van der Waals surface area contributed by atoms with Crippen LogP contribution in [0.5, 0.6) is 0 Å². The quantitative estimate of drug-likeness (QED) is 0.726. The zero-order chi connectivity index (χ0) is 19.5. The number of aromatic amines is 1. The average molecular weight is 382 g/mol. The van der Waals surface area contributed by atoms with Crippen molar-refractivity contribution >= 4 is 6.03 Å². The molecule has 1 aromatic carbocycles. The highest BCUT2D eigenvalue weighted by molar-refractivity contribution is 5.74. The summed E-state index contributed by atoms with van der Waals surface area (Å²) in [5.41, 5.74) is 2.80. The molecule has 7 nitrogen and oxygen atoms in total. The van der Waals surface area contributed by atoms with Gasteiger partial charge in [-0.3, -0.25) is 5.10 Å². The molecule has 146 valence electrons. The van der Waals surface area contributed by atoms with Gasteiger partial charge in [0.05, 0.1) is 17.9 Å². The van der Waals surface area contributed by atoms with Gasteiger partial charge in [0.2, 0.25) is 0 Å². The summed E-state index contributed by atoms with van der Waals surface area (Å²) in [5.74, 6) is 0.144. The second kappa shape index (κ2) is 7.84. The topological polar surface area (TPSA) is 78.8 Å². The zero-order valence-electron chi connectivity index (χ0n) is 15.7. The van der Waals surface area contributed by atoms with Gasteiger partial charge in [0, 0.05) is 42.7 Å². The number of hydrogen-bond acceptors (Lipinski definition) is 3. The minimum absolute atomic E-state index is 0.0647. The Balaban J connectivity index is 1.33. The second-order valence-electron chi connectivity index (χ2n) is 7.14. The Hall–Kier alpha value is -3.16. The molecule has 0 saturated carbocycles. The lowest BCUT2D eigenvalue weighted by Gasteiger charge is -2.32. The first-order valence-electron chi connectivity index (χ1n) is 9.45. The predicted octanol–water partition coefficient (Wildman–Crippen LogP) is 3.38. The van der Waals surface area contributed by atoms with E-state index in [-0.39, 0.29) is 17.9 Å². The predicted molar refractivity (Wildman–Crippen MR) is 103 cm³/mol. The molecule has 0 aliphatic carbocycles. The van der Waals surface area contributed by atoms with Crippen molar-refractivity contribution in [2.45, 2.75) is 31.7 Å². The monoisotopic (exact) mass is 382 g/mol. The summed E-state index contributed by atoms with van der Waals surface area (Å²) in [6.07, 6.45) is 7.18. The number of amides is 2. The molecule has 1 saturated heterocycles. The lowest BCUT2D eigenvalue weighted by molar-refractivity contribution is 0.178. The summed E-state index contributed by atoms with van der Waals surface area (Å²) in [4.78, 5) is 14.5. The van der Waals surface area contributed by atoms with Crippen LogP contribution < -0.4 is 5.32 Å². The SMILES string of the molecule is CC(NC(=O)N1CCC(c2ccn[nH]2)CC1)c1cnn(-c2ccc(F)cc2)c1. The first kappa shape index (κ1) is 18.2. The minimum Gasteiger partial charge on any atom is -0.331 e. The lowest BCUT2D eigenvalue weighted by Crippen LogP contribution is -2.44. The first-order chi connectivity index (χ1) is 13.6. The van der Waals surface area contributed by atoms with Crippen LogP contribution >= 0.6 is 0 Å². The summed E-state index contributed by atoms with van der Waals surface area (Å²) in [7, 11) is 0. The number of likely N-dealkylation sites (tertiary alicyclic amines) is 1. The Morgan fingerprint density at radius 3 is 2.68 bits per heavy atom.